The smallest absolute Gasteiger partial charge is 0.00173 e. The summed E-state index contributed by atoms with van der Waals surface area (Å²) in [5, 5.41) is 0. The Hall–Kier alpha value is -0.820. The van der Waals surface area contributed by atoms with Gasteiger partial charge in [-0.3, -0.25) is 0 Å². The van der Waals surface area contributed by atoms with E-state index in [2.05, 4.69) is 38.1 Å². The topological polar surface area (TPSA) is 26.0 Å². The summed E-state index contributed by atoms with van der Waals surface area (Å²) in [5.74, 6) is 0.677. The minimum Gasteiger partial charge on any atom is -0.330 e. The van der Waals surface area contributed by atoms with Gasteiger partial charge in [-0.15, -0.1) is 0 Å². The van der Waals surface area contributed by atoms with Crippen LogP contribution in [0.25, 0.3) is 0 Å². The van der Waals surface area contributed by atoms with Gasteiger partial charge >= 0.3 is 0 Å². The molecule has 1 unspecified atom stereocenters. The third-order valence-corrected chi connectivity index (χ3v) is 4.59. The van der Waals surface area contributed by atoms with Gasteiger partial charge in [-0.05, 0) is 54.7 Å². The molecule has 1 aliphatic rings. The van der Waals surface area contributed by atoms with E-state index >= 15 is 0 Å². The molecule has 1 heteroatoms. The number of nitrogens with two attached hydrogens (primary N) is 1. The van der Waals surface area contributed by atoms with Crippen LogP contribution in [0.4, 0.5) is 0 Å². The first-order valence-electron chi connectivity index (χ1n) is 6.98. The summed E-state index contributed by atoms with van der Waals surface area (Å²) < 4.78 is 0. The predicted molar refractivity (Wildman–Crippen MR) is 74.2 cm³/mol. The molecule has 2 N–H and O–H groups in total. The summed E-state index contributed by atoms with van der Waals surface area (Å²) in [6, 6.07) is 9.20. The van der Waals surface area contributed by atoms with Gasteiger partial charge < -0.3 is 5.73 Å². The average Bonchev–Trinajstić information content (AvgIpc) is 2.33. The van der Waals surface area contributed by atoms with Gasteiger partial charge in [0.2, 0.25) is 0 Å². The standard InChI is InChI=1S/C16H25N/c1-3-13(2)15-7-5-14(6-8-15)11-16(12-17)9-4-10-16/h5-8,13H,3-4,9-12,17H2,1-2H3. The lowest BCUT2D eigenvalue weighted by Crippen LogP contribution is -2.39. The molecule has 1 fully saturated rings. The first kappa shape index (κ1) is 12.6. The van der Waals surface area contributed by atoms with Gasteiger partial charge in [-0.25, -0.2) is 0 Å². The molecule has 17 heavy (non-hydrogen) atoms. The van der Waals surface area contributed by atoms with Crippen LogP contribution in [0.2, 0.25) is 0 Å². The van der Waals surface area contributed by atoms with Gasteiger partial charge in [0.05, 0.1) is 0 Å². The van der Waals surface area contributed by atoms with Crippen LogP contribution in [0.1, 0.15) is 56.6 Å². The van der Waals surface area contributed by atoms with Crippen molar-refractivity contribution in [3.05, 3.63) is 35.4 Å². The fourth-order valence-corrected chi connectivity index (χ4v) is 2.76. The van der Waals surface area contributed by atoms with E-state index in [9.17, 15) is 0 Å². The van der Waals surface area contributed by atoms with Crippen molar-refractivity contribution in [3.8, 4) is 0 Å². The van der Waals surface area contributed by atoms with E-state index in [-0.39, 0.29) is 0 Å². The van der Waals surface area contributed by atoms with Crippen LogP contribution in [0, 0.1) is 5.41 Å². The van der Waals surface area contributed by atoms with Gasteiger partial charge in [0.15, 0.2) is 0 Å². The zero-order valence-corrected chi connectivity index (χ0v) is 11.2. The SMILES string of the molecule is CCC(C)c1ccc(CC2(CN)CCC2)cc1. The zero-order valence-electron chi connectivity index (χ0n) is 11.2. The molecule has 1 nitrogen and oxygen atoms in total. The van der Waals surface area contributed by atoms with Crippen LogP contribution in [-0.4, -0.2) is 6.54 Å². The molecule has 0 aromatic heterocycles. The summed E-state index contributed by atoms with van der Waals surface area (Å²) in [7, 11) is 0. The van der Waals surface area contributed by atoms with Crippen LogP contribution in [0.5, 0.6) is 0 Å². The largest absolute Gasteiger partial charge is 0.330 e. The second-order valence-electron chi connectivity index (χ2n) is 5.79. The average molecular weight is 231 g/mol. The molecular weight excluding hydrogens is 206 g/mol. The van der Waals surface area contributed by atoms with Gasteiger partial charge in [0.25, 0.3) is 0 Å². The lowest BCUT2D eigenvalue weighted by molar-refractivity contribution is 0.145. The van der Waals surface area contributed by atoms with Gasteiger partial charge in [0.1, 0.15) is 0 Å². The third kappa shape index (κ3) is 2.71. The van der Waals surface area contributed by atoms with Gasteiger partial charge in [0, 0.05) is 0 Å². The highest BCUT2D eigenvalue weighted by atomic mass is 14.6. The highest BCUT2D eigenvalue weighted by Gasteiger charge is 2.35. The Bertz CT molecular complexity index is 343. The van der Waals surface area contributed by atoms with E-state index in [0.29, 0.717) is 11.3 Å². The molecule has 1 aromatic carbocycles. The fraction of sp³-hybridized carbons (Fsp3) is 0.625. The molecule has 0 saturated heterocycles. The van der Waals surface area contributed by atoms with E-state index in [4.69, 9.17) is 5.73 Å². The van der Waals surface area contributed by atoms with Crippen molar-refractivity contribution >= 4 is 0 Å². The number of benzene rings is 1. The Labute approximate surface area is 105 Å². The van der Waals surface area contributed by atoms with Crippen LogP contribution in [0.3, 0.4) is 0 Å². The molecule has 0 aliphatic heterocycles. The summed E-state index contributed by atoms with van der Waals surface area (Å²) in [5.41, 5.74) is 9.27. The Morgan fingerprint density at radius 2 is 1.88 bits per heavy atom. The van der Waals surface area contributed by atoms with E-state index in [1.54, 1.807) is 0 Å². The summed E-state index contributed by atoms with van der Waals surface area (Å²) in [6.07, 6.45) is 6.38. The molecule has 1 aromatic rings. The molecule has 1 atom stereocenters. The second kappa shape index (κ2) is 5.22. The van der Waals surface area contributed by atoms with Crippen molar-refractivity contribution in [2.75, 3.05) is 6.54 Å². The number of rotatable bonds is 5. The molecule has 0 heterocycles. The van der Waals surface area contributed by atoms with Crippen LogP contribution in [0.15, 0.2) is 24.3 Å². The Balaban J connectivity index is 2.03. The molecule has 0 spiro atoms. The number of hydrogen-bond acceptors (Lipinski definition) is 1. The van der Waals surface area contributed by atoms with E-state index in [0.717, 1.165) is 6.54 Å². The quantitative estimate of drug-likeness (QED) is 0.818. The monoisotopic (exact) mass is 231 g/mol. The highest BCUT2D eigenvalue weighted by molar-refractivity contribution is 5.26. The third-order valence-electron chi connectivity index (χ3n) is 4.59. The van der Waals surface area contributed by atoms with E-state index in [1.807, 2.05) is 0 Å². The molecule has 0 radical (unpaired) electrons. The summed E-state index contributed by atoms with van der Waals surface area (Å²) in [4.78, 5) is 0. The lowest BCUT2D eigenvalue weighted by Gasteiger charge is -2.41. The fourth-order valence-electron chi connectivity index (χ4n) is 2.76. The molecule has 94 valence electrons. The lowest BCUT2D eigenvalue weighted by atomic mass is 9.65. The summed E-state index contributed by atoms with van der Waals surface area (Å²) in [6.45, 7) is 5.39. The Morgan fingerprint density at radius 3 is 2.29 bits per heavy atom. The van der Waals surface area contributed by atoms with Gasteiger partial charge in [-0.1, -0.05) is 44.5 Å². The molecule has 0 bridgehead atoms. The van der Waals surface area contributed by atoms with E-state index in [1.165, 1.54) is 43.2 Å². The molecule has 1 saturated carbocycles. The minimum atomic E-state index is 0.428. The maximum Gasteiger partial charge on any atom is -0.00173 e. The van der Waals surface area contributed by atoms with Crippen molar-refractivity contribution in [1.82, 2.24) is 0 Å². The first-order valence-corrected chi connectivity index (χ1v) is 6.98. The van der Waals surface area contributed by atoms with Crippen molar-refractivity contribution in [1.29, 1.82) is 0 Å². The minimum absolute atomic E-state index is 0.428. The molecule has 1 aliphatic carbocycles. The maximum absolute atomic E-state index is 5.92. The molecular formula is C16H25N. The van der Waals surface area contributed by atoms with Crippen LogP contribution < -0.4 is 5.73 Å². The maximum atomic E-state index is 5.92. The van der Waals surface area contributed by atoms with Crippen molar-refractivity contribution in [2.45, 2.75) is 51.9 Å². The molecule has 2 rings (SSSR count). The van der Waals surface area contributed by atoms with Crippen LogP contribution in [-0.2, 0) is 6.42 Å². The predicted octanol–water partition coefficient (Wildman–Crippen LogP) is 3.87. The molecule has 0 amide bonds. The van der Waals surface area contributed by atoms with Gasteiger partial charge in [-0.2, -0.15) is 0 Å². The first-order chi connectivity index (χ1) is 8.19. The number of hydrogen-bond donors (Lipinski definition) is 1. The van der Waals surface area contributed by atoms with Crippen LogP contribution >= 0.6 is 0 Å². The Kier molecular flexibility index (Phi) is 3.88. The van der Waals surface area contributed by atoms with Crippen molar-refractivity contribution in [2.24, 2.45) is 11.1 Å². The normalized spacial score (nSPS) is 19.7. The summed E-state index contributed by atoms with van der Waals surface area (Å²) >= 11 is 0. The van der Waals surface area contributed by atoms with Crippen molar-refractivity contribution < 1.29 is 0 Å². The van der Waals surface area contributed by atoms with Crippen molar-refractivity contribution in [3.63, 3.8) is 0 Å². The Morgan fingerprint density at radius 1 is 1.24 bits per heavy atom. The second-order valence-corrected chi connectivity index (χ2v) is 5.79. The highest BCUT2D eigenvalue weighted by Crippen LogP contribution is 2.42. The zero-order chi connectivity index (χ0) is 12.3. The van der Waals surface area contributed by atoms with E-state index < -0.39 is 0 Å².